The zero-order valence-electron chi connectivity index (χ0n) is 12.4. The molecule has 1 aliphatic rings. The molecule has 112 valence electrons. The third-order valence-corrected chi connectivity index (χ3v) is 3.45. The molecular formula is C14H28N2O3. The summed E-state index contributed by atoms with van der Waals surface area (Å²) in [5.74, 6) is 0.378. The maximum Gasteiger partial charge on any atom is 0.234 e. The summed E-state index contributed by atoms with van der Waals surface area (Å²) in [6.07, 6.45) is 1.80. The first kappa shape index (κ1) is 16.4. The van der Waals surface area contributed by atoms with Crippen LogP contribution in [-0.2, 0) is 9.53 Å². The van der Waals surface area contributed by atoms with Crippen LogP contribution in [0.2, 0.25) is 0 Å². The summed E-state index contributed by atoms with van der Waals surface area (Å²) in [5, 5.41) is 12.4. The van der Waals surface area contributed by atoms with Gasteiger partial charge in [0.25, 0.3) is 0 Å². The Morgan fingerprint density at radius 2 is 2.21 bits per heavy atom. The van der Waals surface area contributed by atoms with Crippen molar-refractivity contribution < 1.29 is 14.6 Å². The van der Waals surface area contributed by atoms with E-state index in [1.54, 1.807) is 0 Å². The van der Waals surface area contributed by atoms with E-state index in [0.29, 0.717) is 25.6 Å². The smallest absolute Gasteiger partial charge is 0.234 e. The number of nitrogens with one attached hydrogen (secondary N) is 1. The number of rotatable bonds is 8. The van der Waals surface area contributed by atoms with Crippen LogP contribution in [0.5, 0.6) is 0 Å². The van der Waals surface area contributed by atoms with Gasteiger partial charge in [-0.1, -0.05) is 0 Å². The molecular weight excluding hydrogens is 244 g/mol. The molecule has 1 heterocycles. The van der Waals surface area contributed by atoms with Gasteiger partial charge in [-0.25, -0.2) is 0 Å². The van der Waals surface area contributed by atoms with Crippen molar-refractivity contribution in [1.82, 2.24) is 10.2 Å². The van der Waals surface area contributed by atoms with Gasteiger partial charge in [-0.05, 0) is 46.1 Å². The van der Waals surface area contributed by atoms with Crippen molar-refractivity contribution in [3.63, 3.8) is 0 Å². The van der Waals surface area contributed by atoms with E-state index in [1.807, 2.05) is 20.8 Å². The first-order valence-corrected chi connectivity index (χ1v) is 7.27. The summed E-state index contributed by atoms with van der Waals surface area (Å²) >= 11 is 0. The number of likely N-dealkylation sites (tertiary alicyclic amines) is 1. The van der Waals surface area contributed by atoms with Crippen LogP contribution in [0, 0.1) is 5.92 Å². The van der Waals surface area contributed by atoms with Gasteiger partial charge in [0.15, 0.2) is 0 Å². The lowest BCUT2D eigenvalue weighted by Crippen LogP contribution is -2.37. The van der Waals surface area contributed by atoms with E-state index < -0.39 is 0 Å². The SMILES string of the molecule is CC(C)OCCCNC(=O)CN1CCC(C(C)O)C1. The molecule has 0 saturated carbocycles. The Labute approximate surface area is 116 Å². The Morgan fingerprint density at radius 1 is 1.47 bits per heavy atom. The minimum absolute atomic E-state index is 0.0655. The van der Waals surface area contributed by atoms with Crippen molar-refractivity contribution >= 4 is 5.91 Å². The van der Waals surface area contributed by atoms with Gasteiger partial charge in [0.1, 0.15) is 0 Å². The quantitative estimate of drug-likeness (QED) is 0.636. The Bertz CT molecular complexity index is 269. The maximum absolute atomic E-state index is 11.7. The molecule has 0 aromatic carbocycles. The molecule has 1 aliphatic heterocycles. The summed E-state index contributed by atoms with van der Waals surface area (Å²) in [4.78, 5) is 13.8. The molecule has 0 bridgehead atoms. The number of ether oxygens (including phenoxy) is 1. The molecule has 2 unspecified atom stereocenters. The van der Waals surface area contributed by atoms with Gasteiger partial charge in [0.2, 0.25) is 5.91 Å². The van der Waals surface area contributed by atoms with Crippen LogP contribution in [0.4, 0.5) is 0 Å². The minimum atomic E-state index is -0.277. The molecule has 2 N–H and O–H groups in total. The normalized spacial score (nSPS) is 21.8. The van der Waals surface area contributed by atoms with Crippen LogP contribution in [-0.4, -0.2) is 60.9 Å². The average molecular weight is 272 g/mol. The van der Waals surface area contributed by atoms with Gasteiger partial charge in [-0.15, -0.1) is 0 Å². The van der Waals surface area contributed by atoms with Crippen LogP contribution >= 0.6 is 0 Å². The van der Waals surface area contributed by atoms with Crippen molar-refractivity contribution in [2.75, 3.05) is 32.8 Å². The van der Waals surface area contributed by atoms with Gasteiger partial charge in [0, 0.05) is 19.7 Å². The zero-order valence-corrected chi connectivity index (χ0v) is 12.4. The molecule has 2 atom stereocenters. The average Bonchev–Trinajstić information content (AvgIpc) is 2.76. The number of carbonyl (C=O) groups is 1. The molecule has 1 saturated heterocycles. The molecule has 0 aromatic rings. The lowest BCUT2D eigenvalue weighted by molar-refractivity contribution is -0.122. The summed E-state index contributed by atoms with van der Waals surface area (Å²) in [6, 6.07) is 0. The van der Waals surface area contributed by atoms with Crippen molar-refractivity contribution in [2.24, 2.45) is 5.92 Å². The molecule has 1 fully saturated rings. The van der Waals surface area contributed by atoms with E-state index in [1.165, 1.54) is 0 Å². The Balaban J connectivity index is 2.05. The Morgan fingerprint density at radius 3 is 2.79 bits per heavy atom. The van der Waals surface area contributed by atoms with E-state index >= 15 is 0 Å². The number of amides is 1. The fraction of sp³-hybridized carbons (Fsp3) is 0.929. The summed E-state index contributed by atoms with van der Waals surface area (Å²) < 4.78 is 5.41. The first-order chi connectivity index (χ1) is 8.99. The predicted molar refractivity (Wildman–Crippen MR) is 74.9 cm³/mol. The van der Waals surface area contributed by atoms with Crippen LogP contribution in [0.25, 0.3) is 0 Å². The number of aliphatic hydroxyl groups excluding tert-OH is 1. The molecule has 0 spiro atoms. The number of carbonyl (C=O) groups excluding carboxylic acids is 1. The van der Waals surface area contributed by atoms with Gasteiger partial charge in [-0.3, -0.25) is 9.69 Å². The number of hydrogen-bond donors (Lipinski definition) is 2. The fourth-order valence-electron chi connectivity index (χ4n) is 2.28. The van der Waals surface area contributed by atoms with Gasteiger partial charge in [-0.2, -0.15) is 0 Å². The van der Waals surface area contributed by atoms with E-state index in [9.17, 15) is 9.90 Å². The van der Waals surface area contributed by atoms with Crippen LogP contribution in [0.1, 0.15) is 33.6 Å². The second-order valence-corrected chi connectivity index (χ2v) is 5.65. The fourth-order valence-corrected chi connectivity index (χ4v) is 2.28. The number of hydrogen-bond acceptors (Lipinski definition) is 4. The second-order valence-electron chi connectivity index (χ2n) is 5.65. The minimum Gasteiger partial charge on any atom is -0.393 e. The molecule has 1 amide bonds. The lowest BCUT2D eigenvalue weighted by atomic mass is 10.0. The predicted octanol–water partition coefficient (Wildman–Crippen LogP) is 0.620. The van der Waals surface area contributed by atoms with Crippen LogP contribution in [0.3, 0.4) is 0 Å². The number of nitrogens with zero attached hydrogens (tertiary/aromatic N) is 1. The lowest BCUT2D eigenvalue weighted by Gasteiger charge is -2.17. The van der Waals surface area contributed by atoms with Crippen LogP contribution in [0.15, 0.2) is 0 Å². The Kier molecular flexibility index (Phi) is 7.34. The Hall–Kier alpha value is -0.650. The van der Waals surface area contributed by atoms with E-state index in [4.69, 9.17) is 4.74 Å². The molecule has 5 heteroatoms. The largest absolute Gasteiger partial charge is 0.393 e. The maximum atomic E-state index is 11.7. The van der Waals surface area contributed by atoms with E-state index in [0.717, 1.165) is 25.9 Å². The zero-order chi connectivity index (χ0) is 14.3. The first-order valence-electron chi connectivity index (χ1n) is 7.27. The van der Waals surface area contributed by atoms with Crippen molar-refractivity contribution in [3.8, 4) is 0 Å². The van der Waals surface area contributed by atoms with E-state index in [2.05, 4.69) is 10.2 Å². The molecule has 19 heavy (non-hydrogen) atoms. The highest BCUT2D eigenvalue weighted by Gasteiger charge is 2.26. The highest BCUT2D eigenvalue weighted by atomic mass is 16.5. The second kappa shape index (κ2) is 8.51. The summed E-state index contributed by atoms with van der Waals surface area (Å²) in [7, 11) is 0. The number of aliphatic hydroxyl groups is 1. The summed E-state index contributed by atoms with van der Waals surface area (Å²) in [6.45, 7) is 9.35. The highest BCUT2D eigenvalue weighted by Crippen LogP contribution is 2.18. The molecule has 1 rings (SSSR count). The highest BCUT2D eigenvalue weighted by molar-refractivity contribution is 5.78. The molecule has 0 radical (unpaired) electrons. The third-order valence-electron chi connectivity index (χ3n) is 3.45. The summed E-state index contributed by atoms with van der Waals surface area (Å²) in [5.41, 5.74) is 0. The molecule has 5 nitrogen and oxygen atoms in total. The van der Waals surface area contributed by atoms with Crippen molar-refractivity contribution in [2.45, 2.75) is 45.8 Å². The van der Waals surface area contributed by atoms with E-state index in [-0.39, 0.29) is 18.1 Å². The van der Waals surface area contributed by atoms with Gasteiger partial charge < -0.3 is 15.2 Å². The monoisotopic (exact) mass is 272 g/mol. The molecule has 0 aliphatic carbocycles. The van der Waals surface area contributed by atoms with Gasteiger partial charge >= 0.3 is 0 Å². The molecule has 0 aromatic heterocycles. The van der Waals surface area contributed by atoms with Crippen molar-refractivity contribution in [3.05, 3.63) is 0 Å². The van der Waals surface area contributed by atoms with Crippen LogP contribution < -0.4 is 5.32 Å². The third kappa shape index (κ3) is 6.89. The van der Waals surface area contributed by atoms with Gasteiger partial charge in [0.05, 0.1) is 18.8 Å². The van der Waals surface area contributed by atoms with Crippen molar-refractivity contribution in [1.29, 1.82) is 0 Å². The standard InChI is InChI=1S/C14H28N2O3/c1-11(2)19-8-4-6-15-14(18)10-16-7-5-13(9-16)12(3)17/h11-13,17H,4-10H2,1-3H3,(H,15,18). The topological polar surface area (TPSA) is 61.8 Å².